The molecule has 1 aliphatic carbocycles. The van der Waals surface area contributed by atoms with Gasteiger partial charge >= 0.3 is 0 Å². The third kappa shape index (κ3) is 6.63. The lowest BCUT2D eigenvalue weighted by Crippen LogP contribution is -2.34. The maximum absolute atomic E-state index is 14.3. The summed E-state index contributed by atoms with van der Waals surface area (Å²) >= 11 is 0. The van der Waals surface area contributed by atoms with Gasteiger partial charge in [-0.05, 0) is 63.5 Å². The fourth-order valence-electron chi connectivity index (χ4n) is 4.54. The van der Waals surface area contributed by atoms with Crippen molar-refractivity contribution in [3.8, 4) is 17.1 Å². The molecule has 5 rings (SSSR count). The Morgan fingerprint density at radius 2 is 2.00 bits per heavy atom. The van der Waals surface area contributed by atoms with Crippen LogP contribution in [0.15, 0.2) is 35.1 Å². The molecule has 2 aliphatic rings. The van der Waals surface area contributed by atoms with Crippen LogP contribution in [-0.4, -0.2) is 63.5 Å². The zero-order chi connectivity index (χ0) is 26.5. The van der Waals surface area contributed by atoms with E-state index in [9.17, 15) is 14.3 Å². The second kappa shape index (κ2) is 11.8. The van der Waals surface area contributed by atoms with Crippen molar-refractivity contribution < 1.29 is 23.6 Å². The highest BCUT2D eigenvalue weighted by molar-refractivity contribution is 5.94. The number of benzene rings is 1. The molecule has 1 saturated carbocycles. The summed E-state index contributed by atoms with van der Waals surface area (Å²) in [6.07, 6.45) is 9.02. The van der Waals surface area contributed by atoms with Crippen LogP contribution >= 0.6 is 0 Å². The Labute approximate surface area is 220 Å². The number of rotatable bonds is 11. The van der Waals surface area contributed by atoms with Crippen molar-refractivity contribution in [3.63, 3.8) is 0 Å². The predicted octanol–water partition coefficient (Wildman–Crippen LogP) is 3.73. The van der Waals surface area contributed by atoms with E-state index in [2.05, 4.69) is 30.3 Å². The molecule has 2 N–H and O–H groups in total. The Morgan fingerprint density at radius 3 is 2.68 bits per heavy atom. The van der Waals surface area contributed by atoms with Crippen molar-refractivity contribution in [1.29, 1.82) is 0 Å². The highest BCUT2D eigenvalue weighted by Gasteiger charge is 2.30. The molecule has 2 fully saturated rings. The third-order valence-corrected chi connectivity index (χ3v) is 6.93. The molecular weight excluding hydrogens is 491 g/mol. The van der Waals surface area contributed by atoms with E-state index in [0.29, 0.717) is 41.9 Å². The van der Waals surface area contributed by atoms with E-state index in [1.807, 2.05) is 0 Å². The van der Waals surface area contributed by atoms with Gasteiger partial charge in [0.05, 0.1) is 23.8 Å². The highest BCUT2D eigenvalue weighted by Crippen LogP contribution is 2.39. The normalized spacial score (nSPS) is 16.9. The number of nitrogens with one attached hydrogen (secondary N) is 1. The summed E-state index contributed by atoms with van der Waals surface area (Å²) < 4.78 is 25.3. The van der Waals surface area contributed by atoms with E-state index >= 15 is 0 Å². The highest BCUT2D eigenvalue weighted by atomic mass is 19.1. The number of hydrogen-bond donors (Lipinski definition) is 2. The van der Waals surface area contributed by atoms with Crippen LogP contribution in [0.2, 0.25) is 0 Å². The Bertz CT molecular complexity index is 1220. The Kier molecular flexibility index (Phi) is 8.11. The first-order valence-corrected chi connectivity index (χ1v) is 13.3. The largest absolute Gasteiger partial charge is 0.493 e. The van der Waals surface area contributed by atoms with E-state index in [0.717, 1.165) is 57.2 Å². The molecule has 10 nitrogen and oxygen atoms in total. The maximum atomic E-state index is 14.3. The van der Waals surface area contributed by atoms with Crippen LogP contribution in [0.4, 0.5) is 10.3 Å². The molecule has 0 unspecified atom stereocenters. The second-order valence-electron chi connectivity index (χ2n) is 10.1. The average Bonchev–Trinajstić information content (AvgIpc) is 3.66. The summed E-state index contributed by atoms with van der Waals surface area (Å²) in [4.78, 5) is 27.7. The molecule has 1 saturated heterocycles. The van der Waals surface area contributed by atoms with Gasteiger partial charge in [-0.2, -0.15) is 4.98 Å². The first kappa shape index (κ1) is 26.0. The Balaban J connectivity index is 1.02. The van der Waals surface area contributed by atoms with Gasteiger partial charge in [-0.25, -0.2) is 14.4 Å². The van der Waals surface area contributed by atoms with Crippen molar-refractivity contribution in [2.45, 2.75) is 57.5 Å². The molecule has 0 bridgehead atoms. The van der Waals surface area contributed by atoms with Crippen molar-refractivity contribution in [3.05, 3.63) is 47.9 Å². The molecule has 1 aromatic carbocycles. The van der Waals surface area contributed by atoms with Gasteiger partial charge in [0.2, 0.25) is 17.7 Å². The Morgan fingerprint density at radius 1 is 1.24 bits per heavy atom. The van der Waals surface area contributed by atoms with E-state index in [1.54, 1.807) is 25.4 Å². The number of hydrogen-bond acceptors (Lipinski definition) is 9. The minimum Gasteiger partial charge on any atom is -0.493 e. The number of piperidine rings is 1. The number of halogens is 1. The predicted molar refractivity (Wildman–Crippen MR) is 137 cm³/mol. The molecule has 2 aromatic heterocycles. The molecular formula is C27H33FN6O4. The van der Waals surface area contributed by atoms with Crippen molar-refractivity contribution >= 4 is 11.9 Å². The standard InChI is InChI=1S/C27H33FN6O4/c1-17(35)14-29-25(36)22-7-6-21(13-23(22)28)37-12-2-3-18-8-10-34(11-9-18)27-30-15-20(16-31-27)24-32-26(38-33-24)19-4-5-19/h6-7,13,15-19,35H,2-5,8-12,14H2,1H3,(H,29,36)/t17-/m1/s1. The van der Waals surface area contributed by atoms with Crippen LogP contribution in [0.5, 0.6) is 5.75 Å². The molecule has 3 heterocycles. The molecule has 1 amide bonds. The van der Waals surface area contributed by atoms with Gasteiger partial charge in [-0.15, -0.1) is 0 Å². The fourth-order valence-corrected chi connectivity index (χ4v) is 4.54. The van der Waals surface area contributed by atoms with Crippen molar-refractivity contribution in [2.75, 3.05) is 31.1 Å². The smallest absolute Gasteiger partial charge is 0.254 e. The van der Waals surface area contributed by atoms with Crippen molar-refractivity contribution in [1.82, 2.24) is 25.4 Å². The maximum Gasteiger partial charge on any atom is 0.254 e. The molecule has 1 aliphatic heterocycles. The number of anilines is 1. The molecule has 202 valence electrons. The lowest BCUT2D eigenvalue weighted by molar-refractivity contribution is 0.0920. The first-order valence-electron chi connectivity index (χ1n) is 13.3. The van der Waals surface area contributed by atoms with E-state index in [1.165, 1.54) is 12.1 Å². The van der Waals surface area contributed by atoms with Gasteiger partial charge in [0.1, 0.15) is 11.6 Å². The van der Waals surface area contributed by atoms with E-state index < -0.39 is 17.8 Å². The lowest BCUT2D eigenvalue weighted by atomic mass is 9.92. The molecule has 1 atom stereocenters. The molecule has 0 spiro atoms. The first-order chi connectivity index (χ1) is 18.5. The summed E-state index contributed by atoms with van der Waals surface area (Å²) in [5.41, 5.74) is 0.689. The van der Waals surface area contributed by atoms with Crippen LogP contribution in [-0.2, 0) is 0 Å². The minimum absolute atomic E-state index is 0.0667. The third-order valence-electron chi connectivity index (χ3n) is 6.93. The number of carbonyl (C=O) groups excluding carboxylic acids is 1. The van der Waals surface area contributed by atoms with Gasteiger partial charge in [-0.1, -0.05) is 5.16 Å². The van der Waals surface area contributed by atoms with Gasteiger partial charge in [0, 0.05) is 44.0 Å². The number of ether oxygens (including phenoxy) is 1. The number of carbonyl (C=O) groups is 1. The van der Waals surface area contributed by atoms with Crippen LogP contribution in [0, 0.1) is 11.7 Å². The summed E-state index contributed by atoms with van der Waals surface area (Å²) in [5.74, 6) is 2.16. The molecule has 3 aromatic rings. The van der Waals surface area contributed by atoms with Crippen LogP contribution < -0.4 is 15.0 Å². The fraction of sp³-hybridized carbons (Fsp3) is 0.519. The topological polar surface area (TPSA) is 126 Å². The monoisotopic (exact) mass is 524 g/mol. The number of amides is 1. The molecule has 0 radical (unpaired) electrons. The Hall–Kier alpha value is -3.60. The summed E-state index contributed by atoms with van der Waals surface area (Å²) in [7, 11) is 0. The molecule has 38 heavy (non-hydrogen) atoms. The summed E-state index contributed by atoms with van der Waals surface area (Å²) in [6, 6.07) is 4.22. The summed E-state index contributed by atoms with van der Waals surface area (Å²) in [5, 5.41) is 15.8. The number of nitrogens with zero attached hydrogens (tertiary/aromatic N) is 5. The van der Waals surface area contributed by atoms with Crippen molar-refractivity contribution in [2.24, 2.45) is 5.92 Å². The number of aliphatic hydroxyl groups is 1. The lowest BCUT2D eigenvalue weighted by Gasteiger charge is -2.32. The zero-order valence-corrected chi connectivity index (χ0v) is 21.5. The number of aromatic nitrogens is 4. The van der Waals surface area contributed by atoms with Gasteiger partial charge < -0.3 is 24.6 Å². The summed E-state index contributed by atoms with van der Waals surface area (Å²) in [6.45, 7) is 3.88. The van der Waals surface area contributed by atoms with Crippen LogP contribution in [0.3, 0.4) is 0 Å². The van der Waals surface area contributed by atoms with Gasteiger partial charge in [0.15, 0.2) is 0 Å². The SMILES string of the molecule is C[C@@H](O)CNC(=O)c1ccc(OCCCC2CCN(c3ncc(-c4noc(C5CC5)n4)cn3)CC2)cc1F. The molecule has 11 heteroatoms. The quantitative estimate of drug-likeness (QED) is 0.361. The van der Waals surface area contributed by atoms with Crippen LogP contribution in [0.1, 0.15) is 67.6 Å². The van der Waals surface area contributed by atoms with Gasteiger partial charge in [-0.3, -0.25) is 4.79 Å². The zero-order valence-electron chi connectivity index (χ0n) is 21.5. The van der Waals surface area contributed by atoms with Crippen LogP contribution in [0.25, 0.3) is 11.4 Å². The minimum atomic E-state index is -0.694. The average molecular weight is 525 g/mol. The second-order valence-corrected chi connectivity index (χ2v) is 10.1. The van der Waals surface area contributed by atoms with E-state index in [-0.39, 0.29) is 12.1 Å². The van der Waals surface area contributed by atoms with E-state index in [4.69, 9.17) is 9.26 Å². The number of aliphatic hydroxyl groups excluding tert-OH is 1. The van der Waals surface area contributed by atoms with Gasteiger partial charge in [0.25, 0.3) is 5.91 Å².